The van der Waals surface area contributed by atoms with Crippen LogP contribution in [0.3, 0.4) is 0 Å². The fourth-order valence-corrected chi connectivity index (χ4v) is 1.97. The molecule has 0 unspecified atom stereocenters. The van der Waals surface area contributed by atoms with E-state index in [2.05, 4.69) is 45.1 Å². The van der Waals surface area contributed by atoms with Crippen molar-refractivity contribution >= 4 is 0 Å². The molecule has 0 heterocycles. The van der Waals surface area contributed by atoms with E-state index in [0.29, 0.717) is 0 Å². The molecule has 0 atom stereocenters. The van der Waals surface area contributed by atoms with Gasteiger partial charge in [-0.3, -0.25) is 0 Å². The van der Waals surface area contributed by atoms with Gasteiger partial charge in [-0.15, -0.1) is 0 Å². The Balaban J connectivity index is 2.69. The van der Waals surface area contributed by atoms with E-state index in [1.807, 2.05) is 12.1 Å². The molecule has 0 saturated heterocycles. The predicted molar refractivity (Wildman–Crippen MR) is 79.8 cm³/mol. The van der Waals surface area contributed by atoms with Crippen molar-refractivity contribution < 1.29 is 9.84 Å². The van der Waals surface area contributed by atoms with Crippen molar-refractivity contribution in [2.75, 3.05) is 20.3 Å². The highest BCUT2D eigenvalue weighted by Crippen LogP contribution is 2.25. The van der Waals surface area contributed by atoms with Crippen LogP contribution in [0.5, 0.6) is 5.75 Å². The average Bonchev–Trinajstić information content (AvgIpc) is 2.37. The summed E-state index contributed by atoms with van der Waals surface area (Å²) in [7, 11) is 1.68. The summed E-state index contributed by atoms with van der Waals surface area (Å²) >= 11 is 0. The van der Waals surface area contributed by atoms with Crippen LogP contribution in [0.25, 0.3) is 0 Å². The molecule has 1 aromatic rings. The monoisotopic (exact) mass is 265 g/mol. The first-order chi connectivity index (χ1) is 8.80. The Morgan fingerprint density at radius 1 is 1.11 bits per heavy atom. The quantitative estimate of drug-likeness (QED) is 0.796. The van der Waals surface area contributed by atoms with E-state index in [9.17, 15) is 0 Å². The Kier molecular flexibility index (Phi) is 5.39. The molecule has 2 N–H and O–H groups in total. The van der Waals surface area contributed by atoms with E-state index in [1.54, 1.807) is 7.11 Å². The Hall–Kier alpha value is -1.06. The normalized spacial score (nSPS) is 12.5. The van der Waals surface area contributed by atoms with Crippen LogP contribution in [-0.4, -0.2) is 30.9 Å². The van der Waals surface area contributed by atoms with Crippen molar-refractivity contribution in [2.24, 2.45) is 0 Å². The van der Waals surface area contributed by atoms with Crippen LogP contribution in [-0.2, 0) is 5.41 Å². The number of methoxy groups -OCH3 is 1. The van der Waals surface area contributed by atoms with Crippen molar-refractivity contribution in [1.82, 2.24) is 5.32 Å². The number of ether oxygens (including phenoxy) is 1. The third-order valence-electron chi connectivity index (χ3n) is 3.62. The highest BCUT2D eigenvalue weighted by atomic mass is 16.5. The number of aliphatic hydroxyl groups is 1. The van der Waals surface area contributed by atoms with Crippen LogP contribution in [0.1, 0.15) is 39.7 Å². The molecular weight excluding hydrogens is 238 g/mol. The number of rotatable bonds is 7. The summed E-state index contributed by atoms with van der Waals surface area (Å²) in [6, 6.07) is 8.21. The first-order valence-corrected chi connectivity index (χ1v) is 6.81. The van der Waals surface area contributed by atoms with Crippen LogP contribution in [0.4, 0.5) is 0 Å². The van der Waals surface area contributed by atoms with E-state index in [0.717, 1.165) is 18.7 Å². The van der Waals surface area contributed by atoms with Gasteiger partial charge in [0.25, 0.3) is 0 Å². The molecule has 1 rings (SSSR count). The minimum absolute atomic E-state index is 0.0407. The SMILES string of the molecule is COc1ccc(C(C)(C)CNC(C)(C)CCO)cc1. The van der Waals surface area contributed by atoms with Crippen LogP contribution < -0.4 is 10.1 Å². The smallest absolute Gasteiger partial charge is 0.118 e. The molecule has 0 bridgehead atoms. The topological polar surface area (TPSA) is 41.5 Å². The van der Waals surface area contributed by atoms with Crippen molar-refractivity contribution in [3.05, 3.63) is 29.8 Å². The van der Waals surface area contributed by atoms with Gasteiger partial charge in [-0.25, -0.2) is 0 Å². The number of benzene rings is 1. The standard InChI is InChI=1S/C16H27NO2/c1-15(2,12-17-16(3,4)10-11-18)13-6-8-14(19-5)9-7-13/h6-9,17-18H,10-12H2,1-5H3. The fraction of sp³-hybridized carbons (Fsp3) is 0.625. The Bertz CT molecular complexity index is 382. The summed E-state index contributed by atoms with van der Waals surface area (Å²) in [6.45, 7) is 9.75. The number of nitrogens with one attached hydrogen (secondary N) is 1. The summed E-state index contributed by atoms with van der Waals surface area (Å²) < 4.78 is 5.18. The minimum atomic E-state index is -0.0432. The number of hydrogen-bond acceptors (Lipinski definition) is 3. The maximum Gasteiger partial charge on any atom is 0.118 e. The van der Waals surface area contributed by atoms with Crippen LogP contribution in [0.15, 0.2) is 24.3 Å². The lowest BCUT2D eigenvalue weighted by atomic mass is 9.83. The van der Waals surface area contributed by atoms with Gasteiger partial charge in [-0.05, 0) is 38.0 Å². The average molecular weight is 265 g/mol. The molecule has 0 aliphatic carbocycles. The maximum absolute atomic E-state index is 9.05. The summed E-state index contributed by atoms with van der Waals surface area (Å²) in [5, 5.41) is 12.6. The van der Waals surface area contributed by atoms with Crippen LogP contribution in [0.2, 0.25) is 0 Å². The number of hydrogen-bond donors (Lipinski definition) is 2. The highest BCUT2D eigenvalue weighted by Gasteiger charge is 2.24. The Morgan fingerprint density at radius 3 is 2.16 bits per heavy atom. The van der Waals surface area contributed by atoms with Crippen molar-refractivity contribution in [3.63, 3.8) is 0 Å². The largest absolute Gasteiger partial charge is 0.497 e. The molecule has 0 amide bonds. The molecule has 0 spiro atoms. The van der Waals surface area contributed by atoms with Gasteiger partial charge in [0.1, 0.15) is 5.75 Å². The van der Waals surface area contributed by atoms with Crippen LogP contribution >= 0.6 is 0 Å². The molecule has 0 aliphatic heterocycles. The van der Waals surface area contributed by atoms with Gasteiger partial charge in [0, 0.05) is 24.1 Å². The van der Waals surface area contributed by atoms with Gasteiger partial charge < -0.3 is 15.2 Å². The van der Waals surface area contributed by atoms with E-state index in [4.69, 9.17) is 9.84 Å². The van der Waals surface area contributed by atoms with Gasteiger partial charge in [0.2, 0.25) is 0 Å². The van der Waals surface area contributed by atoms with Crippen LogP contribution in [0, 0.1) is 0 Å². The van der Waals surface area contributed by atoms with Gasteiger partial charge >= 0.3 is 0 Å². The highest BCUT2D eigenvalue weighted by molar-refractivity contribution is 5.31. The van der Waals surface area contributed by atoms with Gasteiger partial charge in [-0.1, -0.05) is 26.0 Å². The van der Waals surface area contributed by atoms with Gasteiger partial charge in [0.15, 0.2) is 0 Å². The lowest BCUT2D eigenvalue weighted by Crippen LogP contribution is -2.46. The lowest BCUT2D eigenvalue weighted by molar-refractivity contribution is 0.223. The zero-order valence-electron chi connectivity index (χ0n) is 12.8. The van der Waals surface area contributed by atoms with E-state index < -0.39 is 0 Å². The number of aliphatic hydroxyl groups excluding tert-OH is 1. The molecule has 0 aliphatic rings. The maximum atomic E-state index is 9.05. The molecule has 0 saturated carbocycles. The zero-order valence-corrected chi connectivity index (χ0v) is 12.8. The summed E-state index contributed by atoms with van der Waals surface area (Å²) in [5.41, 5.74) is 1.28. The first kappa shape index (κ1) is 16.0. The van der Waals surface area contributed by atoms with E-state index in [-0.39, 0.29) is 17.6 Å². The van der Waals surface area contributed by atoms with Gasteiger partial charge in [-0.2, -0.15) is 0 Å². The Labute approximate surface area is 117 Å². The van der Waals surface area contributed by atoms with Crippen molar-refractivity contribution in [1.29, 1.82) is 0 Å². The lowest BCUT2D eigenvalue weighted by Gasteiger charge is -2.33. The molecule has 0 radical (unpaired) electrons. The molecule has 0 aromatic heterocycles. The first-order valence-electron chi connectivity index (χ1n) is 6.81. The molecule has 3 nitrogen and oxygen atoms in total. The second-order valence-electron chi connectivity index (χ2n) is 6.32. The van der Waals surface area contributed by atoms with Gasteiger partial charge in [0.05, 0.1) is 7.11 Å². The molecular formula is C16H27NO2. The Morgan fingerprint density at radius 2 is 1.68 bits per heavy atom. The second-order valence-corrected chi connectivity index (χ2v) is 6.32. The third-order valence-corrected chi connectivity index (χ3v) is 3.62. The zero-order chi connectivity index (χ0) is 14.5. The minimum Gasteiger partial charge on any atom is -0.497 e. The third kappa shape index (κ3) is 4.84. The van der Waals surface area contributed by atoms with Crippen molar-refractivity contribution in [2.45, 2.75) is 45.1 Å². The molecule has 1 aromatic carbocycles. The summed E-state index contributed by atoms with van der Waals surface area (Å²) in [4.78, 5) is 0. The van der Waals surface area contributed by atoms with E-state index >= 15 is 0 Å². The molecule has 3 heteroatoms. The fourth-order valence-electron chi connectivity index (χ4n) is 1.97. The molecule has 19 heavy (non-hydrogen) atoms. The summed E-state index contributed by atoms with van der Waals surface area (Å²) in [5.74, 6) is 0.883. The molecule has 108 valence electrons. The summed E-state index contributed by atoms with van der Waals surface area (Å²) in [6.07, 6.45) is 0.756. The van der Waals surface area contributed by atoms with Crippen molar-refractivity contribution in [3.8, 4) is 5.75 Å². The molecule has 0 fully saturated rings. The predicted octanol–water partition coefficient (Wildman–Crippen LogP) is 2.72. The second kappa shape index (κ2) is 6.40. The van der Waals surface area contributed by atoms with E-state index in [1.165, 1.54) is 5.56 Å².